The van der Waals surface area contributed by atoms with Gasteiger partial charge in [0.1, 0.15) is 0 Å². The number of anilines is 2. The molecule has 1 fully saturated rings. The number of rotatable bonds is 4. The third-order valence-electron chi connectivity index (χ3n) is 5.23. The summed E-state index contributed by atoms with van der Waals surface area (Å²) in [6.45, 7) is 5.07. The Morgan fingerprint density at radius 3 is 2.52 bits per heavy atom. The molecule has 27 heavy (non-hydrogen) atoms. The number of aromatic nitrogens is 1. The number of hydrogen-bond acceptors (Lipinski definition) is 5. The van der Waals surface area contributed by atoms with Crippen molar-refractivity contribution in [3.05, 3.63) is 66.7 Å². The monoisotopic (exact) mass is 374 g/mol. The van der Waals surface area contributed by atoms with Crippen LogP contribution in [0.2, 0.25) is 0 Å². The maximum atomic E-state index is 4.66. The zero-order valence-electron chi connectivity index (χ0n) is 15.1. The first-order chi connectivity index (χ1) is 13.4. The van der Waals surface area contributed by atoms with E-state index in [2.05, 4.69) is 80.8 Å². The van der Waals surface area contributed by atoms with Crippen LogP contribution in [0.25, 0.3) is 21.0 Å². The minimum Gasteiger partial charge on any atom is -0.368 e. The number of hydrogen-bond donors (Lipinski definition) is 1. The van der Waals surface area contributed by atoms with Crippen molar-refractivity contribution in [3.8, 4) is 0 Å². The molecule has 0 saturated carbocycles. The Morgan fingerprint density at radius 2 is 1.63 bits per heavy atom. The van der Waals surface area contributed by atoms with Gasteiger partial charge in [-0.3, -0.25) is 4.90 Å². The van der Waals surface area contributed by atoms with Gasteiger partial charge in [0.2, 0.25) is 0 Å². The average Bonchev–Trinajstić information content (AvgIpc) is 3.15. The van der Waals surface area contributed by atoms with E-state index in [-0.39, 0.29) is 0 Å². The molecule has 1 aliphatic heterocycles. The van der Waals surface area contributed by atoms with E-state index in [9.17, 15) is 0 Å². The highest BCUT2D eigenvalue weighted by molar-refractivity contribution is 7.22. The third kappa shape index (κ3) is 3.36. The maximum absolute atomic E-state index is 4.66. The van der Waals surface area contributed by atoms with Crippen LogP contribution in [0.3, 0.4) is 0 Å². The van der Waals surface area contributed by atoms with Crippen molar-refractivity contribution >= 4 is 43.1 Å². The van der Waals surface area contributed by atoms with E-state index in [4.69, 9.17) is 0 Å². The van der Waals surface area contributed by atoms with Crippen LogP contribution in [0.4, 0.5) is 10.8 Å². The summed E-state index contributed by atoms with van der Waals surface area (Å²) in [5.41, 5.74) is 2.43. The number of thiazole rings is 1. The highest BCUT2D eigenvalue weighted by Gasteiger charge is 2.18. The number of piperazine rings is 1. The van der Waals surface area contributed by atoms with Gasteiger partial charge in [0.25, 0.3) is 0 Å². The smallest absolute Gasteiger partial charge is 0.184 e. The molecule has 0 spiro atoms. The zero-order chi connectivity index (χ0) is 18.1. The highest BCUT2D eigenvalue weighted by atomic mass is 32.1. The predicted octanol–water partition coefficient (Wildman–Crippen LogP) is 4.64. The minimum absolute atomic E-state index is 0.850. The van der Waals surface area contributed by atoms with Crippen molar-refractivity contribution in [3.63, 3.8) is 0 Å². The van der Waals surface area contributed by atoms with E-state index >= 15 is 0 Å². The fourth-order valence-corrected chi connectivity index (χ4v) is 4.61. The summed E-state index contributed by atoms with van der Waals surface area (Å²) < 4.78 is 1.24. The molecule has 0 aliphatic carbocycles. The van der Waals surface area contributed by atoms with E-state index in [1.165, 1.54) is 21.2 Å². The molecule has 5 heteroatoms. The van der Waals surface area contributed by atoms with E-state index < -0.39 is 0 Å². The van der Waals surface area contributed by atoms with Gasteiger partial charge in [-0.15, -0.1) is 0 Å². The summed E-state index contributed by atoms with van der Waals surface area (Å²) in [7, 11) is 0. The molecular weight excluding hydrogens is 352 g/mol. The lowest BCUT2D eigenvalue weighted by atomic mass is 10.1. The summed E-state index contributed by atoms with van der Waals surface area (Å²) in [4.78, 5) is 9.64. The van der Waals surface area contributed by atoms with Crippen LogP contribution in [0.15, 0.2) is 66.7 Å². The second kappa shape index (κ2) is 7.18. The Morgan fingerprint density at radius 1 is 0.852 bits per heavy atom. The lowest BCUT2D eigenvalue weighted by Crippen LogP contribution is -2.48. The van der Waals surface area contributed by atoms with Gasteiger partial charge in [-0.25, -0.2) is 4.98 Å². The van der Waals surface area contributed by atoms with E-state index in [1.807, 2.05) is 6.07 Å². The molecule has 1 aromatic heterocycles. The first kappa shape index (κ1) is 16.5. The molecule has 0 atom stereocenters. The van der Waals surface area contributed by atoms with Crippen molar-refractivity contribution in [2.24, 2.45) is 0 Å². The average molecular weight is 375 g/mol. The molecule has 2 heterocycles. The van der Waals surface area contributed by atoms with Gasteiger partial charge in [-0.05, 0) is 23.6 Å². The van der Waals surface area contributed by atoms with E-state index in [0.717, 1.165) is 43.5 Å². The Hall–Kier alpha value is -2.63. The van der Waals surface area contributed by atoms with Gasteiger partial charge in [0, 0.05) is 37.3 Å². The lowest BCUT2D eigenvalue weighted by molar-refractivity contribution is 0.275. The molecule has 5 rings (SSSR count). The third-order valence-corrected chi connectivity index (χ3v) is 6.22. The summed E-state index contributed by atoms with van der Waals surface area (Å²) in [6.07, 6.45) is 0. The molecular formula is C22H22N4S. The summed E-state index contributed by atoms with van der Waals surface area (Å²) >= 11 is 1.73. The number of nitrogens with zero attached hydrogens (tertiary/aromatic N) is 3. The Balaban J connectivity index is 1.22. The molecule has 0 bridgehead atoms. The second-order valence-corrected chi connectivity index (χ2v) is 7.96. The zero-order valence-corrected chi connectivity index (χ0v) is 16.0. The number of fused-ring (bicyclic) bond motifs is 2. The number of para-hydroxylation sites is 1. The van der Waals surface area contributed by atoms with Crippen LogP contribution in [-0.2, 0) is 0 Å². The van der Waals surface area contributed by atoms with Crippen molar-refractivity contribution < 1.29 is 0 Å². The van der Waals surface area contributed by atoms with Crippen LogP contribution in [0, 0.1) is 0 Å². The van der Waals surface area contributed by atoms with Crippen molar-refractivity contribution in [1.82, 2.24) is 9.88 Å². The van der Waals surface area contributed by atoms with Crippen LogP contribution in [0.1, 0.15) is 0 Å². The predicted molar refractivity (Wildman–Crippen MR) is 116 cm³/mol. The molecule has 0 amide bonds. The molecule has 1 saturated heterocycles. The molecule has 4 aromatic rings. The van der Waals surface area contributed by atoms with Crippen LogP contribution in [-0.4, -0.2) is 42.7 Å². The first-order valence-electron chi connectivity index (χ1n) is 9.41. The van der Waals surface area contributed by atoms with Crippen LogP contribution < -0.4 is 10.2 Å². The lowest BCUT2D eigenvalue weighted by Gasteiger charge is -2.36. The van der Waals surface area contributed by atoms with Gasteiger partial charge in [0.15, 0.2) is 5.13 Å². The van der Waals surface area contributed by atoms with Crippen LogP contribution >= 0.6 is 11.3 Å². The van der Waals surface area contributed by atoms with Crippen molar-refractivity contribution in [2.45, 2.75) is 0 Å². The largest absolute Gasteiger partial charge is 0.368 e. The molecule has 0 radical (unpaired) electrons. The molecule has 4 nitrogen and oxygen atoms in total. The molecule has 1 aliphatic rings. The van der Waals surface area contributed by atoms with Crippen molar-refractivity contribution in [2.75, 3.05) is 43.1 Å². The molecule has 3 aromatic carbocycles. The number of benzene rings is 3. The fourth-order valence-electron chi connectivity index (χ4n) is 3.76. The Kier molecular flexibility index (Phi) is 4.40. The summed E-state index contributed by atoms with van der Waals surface area (Å²) in [6, 6.07) is 23.6. The van der Waals surface area contributed by atoms with Gasteiger partial charge in [-0.2, -0.15) is 0 Å². The van der Waals surface area contributed by atoms with E-state index in [1.54, 1.807) is 11.3 Å². The van der Waals surface area contributed by atoms with Gasteiger partial charge >= 0.3 is 0 Å². The van der Waals surface area contributed by atoms with Crippen LogP contribution in [0.5, 0.6) is 0 Å². The Bertz CT molecular complexity index is 1030. The molecule has 1 N–H and O–H groups in total. The van der Waals surface area contributed by atoms with Gasteiger partial charge in [0.05, 0.1) is 16.9 Å². The van der Waals surface area contributed by atoms with E-state index in [0.29, 0.717) is 0 Å². The molecule has 136 valence electrons. The number of nitrogens with one attached hydrogen (secondary N) is 1. The van der Waals surface area contributed by atoms with Gasteiger partial charge < -0.3 is 10.2 Å². The fraction of sp³-hybridized carbons (Fsp3) is 0.227. The maximum Gasteiger partial charge on any atom is 0.184 e. The normalized spacial score (nSPS) is 15.5. The first-order valence-corrected chi connectivity index (χ1v) is 10.2. The van der Waals surface area contributed by atoms with Gasteiger partial charge in [-0.1, -0.05) is 59.9 Å². The summed E-state index contributed by atoms with van der Waals surface area (Å²) in [5, 5.41) is 7.17. The standard InChI is InChI=1S/C22H22N4S/c1-2-8-18-17(6-1)7-5-10-20(18)26-14-12-25(13-15-26)16-23-22-24-19-9-3-4-11-21(19)27-22/h1-11H,12-16H2,(H,23,24). The SMILES string of the molecule is c1ccc2c(N3CCN(CNc4nc5ccccc5s4)CC3)cccc2c1. The highest BCUT2D eigenvalue weighted by Crippen LogP contribution is 2.28. The molecule has 0 unspecified atom stereocenters. The topological polar surface area (TPSA) is 31.4 Å². The summed E-state index contributed by atoms with van der Waals surface area (Å²) in [5.74, 6) is 0. The second-order valence-electron chi connectivity index (χ2n) is 6.92. The Labute approximate surface area is 163 Å². The quantitative estimate of drug-likeness (QED) is 0.564. The van der Waals surface area contributed by atoms with Crippen molar-refractivity contribution in [1.29, 1.82) is 0 Å². The minimum atomic E-state index is 0.850.